The van der Waals surface area contributed by atoms with E-state index in [1.54, 1.807) is 0 Å². The van der Waals surface area contributed by atoms with E-state index in [2.05, 4.69) is 22.4 Å². The summed E-state index contributed by atoms with van der Waals surface area (Å²) < 4.78 is 11.1. The molecule has 0 bridgehead atoms. The molecular weight excluding hydrogens is 218 g/mol. The van der Waals surface area contributed by atoms with E-state index < -0.39 is 0 Å². The SMILES string of the molecule is CCC(NC)c1nnc(-c2cc(C)oc2C)o1. The summed E-state index contributed by atoms with van der Waals surface area (Å²) in [4.78, 5) is 0. The number of aryl methyl sites for hydroxylation is 2. The van der Waals surface area contributed by atoms with Gasteiger partial charge in [0.15, 0.2) is 0 Å². The van der Waals surface area contributed by atoms with Crippen molar-refractivity contribution in [2.75, 3.05) is 7.05 Å². The average Bonchev–Trinajstić information content (AvgIpc) is 2.87. The highest BCUT2D eigenvalue weighted by Crippen LogP contribution is 2.27. The van der Waals surface area contributed by atoms with Crippen LogP contribution in [0.2, 0.25) is 0 Å². The van der Waals surface area contributed by atoms with Gasteiger partial charge in [-0.25, -0.2) is 0 Å². The number of furan rings is 1. The maximum absolute atomic E-state index is 5.66. The van der Waals surface area contributed by atoms with Gasteiger partial charge in [0.2, 0.25) is 5.89 Å². The molecule has 1 atom stereocenters. The van der Waals surface area contributed by atoms with Crippen LogP contribution >= 0.6 is 0 Å². The van der Waals surface area contributed by atoms with E-state index in [-0.39, 0.29) is 6.04 Å². The molecule has 5 nitrogen and oxygen atoms in total. The van der Waals surface area contributed by atoms with Crippen LogP contribution in [-0.4, -0.2) is 17.2 Å². The molecule has 0 radical (unpaired) electrons. The molecule has 0 fully saturated rings. The first-order valence-corrected chi connectivity index (χ1v) is 5.73. The van der Waals surface area contributed by atoms with Crippen molar-refractivity contribution in [1.29, 1.82) is 0 Å². The minimum atomic E-state index is 0.101. The number of hydrogen-bond acceptors (Lipinski definition) is 5. The monoisotopic (exact) mass is 235 g/mol. The fourth-order valence-corrected chi connectivity index (χ4v) is 1.83. The van der Waals surface area contributed by atoms with Crippen molar-refractivity contribution in [2.24, 2.45) is 0 Å². The molecule has 0 saturated carbocycles. The molecule has 1 unspecified atom stereocenters. The van der Waals surface area contributed by atoms with Crippen molar-refractivity contribution in [1.82, 2.24) is 15.5 Å². The predicted octanol–water partition coefficient (Wildman–Crippen LogP) is 2.62. The van der Waals surface area contributed by atoms with Gasteiger partial charge in [0.05, 0.1) is 11.6 Å². The van der Waals surface area contributed by atoms with Crippen LogP contribution < -0.4 is 5.32 Å². The molecule has 0 aliphatic carbocycles. The molecule has 2 aromatic heterocycles. The van der Waals surface area contributed by atoms with E-state index in [4.69, 9.17) is 8.83 Å². The van der Waals surface area contributed by atoms with Gasteiger partial charge in [0, 0.05) is 0 Å². The van der Waals surface area contributed by atoms with Gasteiger partial charge in [-0.2, -0.15) is 0 Å². The van der Waals surface area contributed by atoms with Crippen LogP contribution in [0.15, 0.2) is 14.9 Å². The molecule has 0 amide bonds. The Bertz CT molecular complexity index is 498. The zero-order chi connectivity index (χ0) is 12.4. The van der Waals surface area contributed by atoms with Crippen molar-refractivity contribution in [3.8, 4) is 11.5 Å². The van der Waals surface area contributed by atoms with Crippen LogP contribution in [0.25, 0.3) is 11.5 Å². The smallest absolute Gasteiger partial charge is 0.251 e. The number of hydrogen-bond donors (Lipinski definition) is 1. The molecule has 2 aromatic rings. The van der Waals surface area contributed by atoms with E-state index >= 15 is 0 Å². The van der Waals surface area contributed by atoms with Gasteiger partial charge in [-0.1, -0.05) is 6.92 Å². The molecule has 2 rings (SSSR count). The number of aromatic nitrogens is 2. The molecule has 17 heavy (non-hydrogen) atoms. The molecular formula is C12H17N3O2. The minimum absolute atomic E-state index is 0.101. The van der Waals surface area contributed by atoms with Gasteiger partial charge in [0.1, 0.15) is 11.5 Å². The second kappa shape index (κ2) is 4.71. The summed E-state index contributed by atoms with van der Waals surface area (Å²) in [5, 5.41) is 11.3. The van der Waals surface area contributed by atoms with Crippen LogP contribution in [0.1, 0.15) is 36.8 Å². The van der Waals surface area contributed by atoms with Gasteiger partial charge >= 0.3 is 0 Å². The number of nitrogens with one attached hydrogen (secondary N) is 1. The third kappa shape index (κ3) is 2.24. The van der Waals surface area contributed by atoms with Crippen molar-refractivity contribution in [2.45, 2.75) is 33.2 Å². The van der Waals surface area contributed by atoms with Crippen molar-refractivity contribution < 1.29 is 8.83 Å². The van der Waals surface area contributed by atoms with Crippen LogP contribution in [-0.2, 0) is 0 Å². The van der Waals surface area contributed by atoms with Gasteiger partial charge in [0.25, 0.3) is 5.89 Å². The first-order valence-electron chi connectivity index (χ1n) is 5.73. The van der Waals surface area contributed by atoms with Crippen LogP contribution in [0.5, 0.6) is 0 Å². The quantitative estimate of drug-likeness (QED) is 0.882. The average molecular weight is 235 g/mol. The van der Waals surface area contributed by atoms with Crippen molar-refractivity contribution in [3.05, 3.63) is 23.5 Å². The summed E-state index contributed by atoms with van der Waals surface area (Å²) in [6.45, 7) is 5.86. The zero-order valence-corrected chi connectivity index (χ0v) is 10.6. The van der Waals surface area contributed by atoms with E-state index in [1.165, 1.54) is 0 Å². The third-order valence-electron chi connectivity index (χ3n) is 2.77. The lowest BCUT2D eigenvalue weighted by molar-refractivity contribution is 0.414. The summed E-state index contributed by atoms with van der Waals surface area (Å²) in [6, 6.07) is 2.01. The third-order valence-corrected chi connectivity index (χ3v) is 2.77. The summed E-state index contributed by atoms with van der Waals surface area (Å²) in [7, 11) is 1.88. The molecule has 0 spiro atoms. The zero-order valence-electron chi connectivity index (χ0n) is 10.6. The Balaban J connectivity index is 2.32. The minimum Gasteiger partial charge on any atom is -0.466 e. The van der Waals surface area contributed by atoms with Gasteiger partial charge in [-0.15, -0.1) is 10.2 Å². The fraction of sp³-hybridized carbons (Fsp3) is 0.500. The highest BCUT2D eigenvalue weighted by atomic mass is 16.4. The Kier molecular flexibility index (Phi) is 3.28. The van der Waals surface area contributed by atoms with E-state index in [1.807, 2.05) is 27.0 Å². The van der Waals surface area contributed by atoms with Crippen molar-refractivity contribution >= 4 is 0 Å². The van der Waals surface area contributed by atoms with E-state index in [0.29, 0.717) is 11.8 Å². The number of nitrogens with zero attached hydrogens (tertiary/aromatic N) is 2. The highest BCUT2D eigenvalue weighted by molar-refractivity contribution is 5.55. The molecule has 0 aromatic carbocycles. The Morgan fingerprint density at radius 3 is 2.59 bits per heavy atom. The Hall–Kier alpha value is -1.62. The second-order valence-electron chi connectivity index (χ2n) is 4.02. The first kappa shape index (κ1) is 11.9. The molecule has 1 N–H and O–H groups in total. The summed E-state index contributed by atoms with van der Waals surface area (Å²) in [5.74, 6) is 2.78. The largest absolute Gasteiger partial charge is 0.466 e. The Morgan fingerprint density at radius 2 is 2.06 bits per heavy atom. The van der Waals surface area contributed by atoms with Gasteiger partial charge < -0.3 is 14.2 Å². The lowest BCUT2D eigenvalue weighted by Gasteiger charge is -2.06. The Morgan fingerprint density at radius 1 is 1.29 bits per heavy atom. The fourth-order valence-electron chi connectivity index (χ4n) is 1.83. The summed E-state index contributed by atoms with van der Waals surface area (Å²) in [5.41, 5.74) is 0.868. The number of rotatable bonds is 4. The highest BCUT2D eigenvalue weighted by Gasteiger charge is 2.18. The maximum atomic E-state index is 5.66. The summed E-state index contributed by atoms with van der Waals surface area (Å²) >= 11 is 0. The topological polar surface area (TPSA) is 64.1 Å². The van der Waals surface area contributed by atoms with Crippen molar-refractivity contribution in [3.63, 3.8) is 0 Å². The normalized spacial score (nSPS) is 12.9. The molecule has 0 saturated heterocycles. The lowest BCUT2D eigenvalue weighted by Crippen LogP contribution is -2.15. The second-order valence-corrected chi connectivity index (χ2v) is 4.02. The molecule has 0 aliphatic rings. The summed E-state index contributed by atoms with van der Waals surface area (Å²) in [6.07, 6.45) is 0.904. The Labute approximate surface area is 100 Å². The molecule has 92 valence electrons. The maximum Gasteiger partial charge on any atom is 0.251 e. The lowest BCUT2D eigenvalue weighted by atomic mass is 10.2. The first-order chi connectivity index (χ1) is 8.15. The molecule has 2 heterocycles. The van der Waals surface area contributed by atoms with Crippen LogP contribution in [0.4, 0.5) is 0 Å². The predicted molar refractivity (Wildman–Crippen MR) is 63.6 cm³/mol. The van der Waals surface area contributed by atoms with E-state index in [9.17, 15) is 0 Å². The van der Waals surface area contributed by atoms with Crippen LogP contribution in [0.3, 0.4) is 0 Å². The molecule has 5 heteroatoms. The standard InChI is InChI=1S/C12H17N3O2/c1-5-10(13-4)12-15-14-11(17-12)9-6-7(2)16-8(9)3/h6,10,13H,5H2,1-4H3. The molecule has 0 aliphatic heterocycles. The van der Waals surface area contributed by atoms with Gasteiger partial charge in [-0.05, 0) is 33.4 Å². The van der Waals surface area contributed by atoms with E-state index in [0.717, 1.165) is 23.5 Å². The van der Waals surface area contributed by atoms with Crippen LogP contribution in [0, 0.1) is 13.8 Å². The van der Waals surface area contributed by atoms with Gasteiger partial charge in [-0.3, -0.25) is 0 Å².